The molecule has 0 unspecified atom stereocenters. The van der Waals surface area contributed by atoms with Gasteiger partial charge in [0.1, 0.15) is 5.69 Å². The summed E-state index contributed by atoms with van der Waals surface area (Å²) in [5.74, 6) is 0.0353. The molecular formula is C9H14N2O. The molecule has 1 aliphatic heterocycles. The van der Waals surface area contributed by atoms with E-state index < -0.39 is 0 Å². The van der Waals surface area contributed by atoms with Crippen LogP contribution in [0.4, 0.5) is 0 Å². The first-order valence-corrected chi connectivity index (χ1v) is 4.22. The Kier molecular flexibility index (Phi) is 2.53. The van der Waals surface area contributed by atoms with Gasteiger partial charge in [0, 0.05) is 6.20 Å². The fourth-order valence-corrected chi connectivity index (χ4v) is 1.23. The molecule has 1 amide bonds. The predicted molar refractivity (Wildman–Crippen MR) is 48.0 cm³/mol. The molecule has 1 aromatic heterocycles. The fourth-order valence-electron chi connectivity index (χ4n) is 1.23. The SMILES string of the molecule is CC.Cc1cc2n(c1)CNC2=O. The molecule has 3 nitrogen and oxygen atoms in total. The van der Waals surface area contributed by atoms with Crippen LogP contribution in [0.5, 0.6) is 0 Å². The van der Waals surface area contributed by atoms with Crippen molar-refractivity contribution in [1.82, 2.24) is 9.88 Å². The van der Waals surface area contributed by atoms with Crippen LogP contribution in [0.2, 0.25) is 0 Å². The third-order valence-electron chi connectivity index (χ3n) is 1.68. The molecule has 0 aromatic carbocycles. The zero-order chi connectivity index (χ0) is 9.14. The first-order chi connectivity index (χ1) is 5.77. The van der Waals surface area contributed by atoms with Crippen molar-refractivity contribution in [2.24, 2.45) is 0 Å². The fraction of sp³-hybridized carbons (Fsp3) is 0.444. The van der Waals surface area contributed by atoms with E-state index in [-0.39, 0.29) is 5.91 Å². The van der Waals surface area contributed by atoms with Gasteiger partial charge in [-0.05, 0) is 18.6 Å². The van der Waals surface area contributed by atoms with E-state index in [1.807, 2.05) is 37.6 Å². The topological polar surface area (TPSA) is 34.0 Å². The average Bonchev–Trinajstić information content (AvgIpc) is 2.58. The molecule has 3 heteroatoms. The monoisotopic (exact) mass is 166 g/mol. The summed E-state index contributed by atoms with van der Waals surface area (Å²) in [6, 6.07) is 1.89. The quantitative estimate of drug-likeness (QED) is 0.623. The number of hydrogen-bond acceptors (Lipinski definition) is 1. The maximum absolute atomic E-state index is 10.9. The maximum atomic E-state index is 10.9. The Bertz CT molecular complexity index is 289. The molecule has 12 heavy (non-hydrogen) atoms. The van der Waals surface area contributed by atoms with Gasteiger partial charge in [0.15, 0.2) is 0 Å². The van der Waals surface area contributed by atoms with E-state index in [4.69, 9.17) is 0 Å². The molecular weight excluding hydrogens is 152 g/mol. The standard InChI is InChI=1S/C7H8N2O.C2H6/c1-5-2-6-7(10)8-4-9(6)3-5;1-2/h2-3H,4H2,1H3,(H,8,10);1-2H3. The first kappa shape index (κ1) is 8.84. The normalized spacial score (nSPS) is 13.1. The highest BCUT2D eigenvalue weighted by Crippen LogP contribution is 2.10. The highest BCUT2D eigenvalue weighted by atomic mass is 16.2. The highest BCUT2D eigenvalue weighted by molar-refractivity contribution is 5.94. The van der Waals surface area contributed by atoms with Crippen molar-refractivity contribution in [2.75, 3.05) is 0 Å². The van der Waals surface area contributed by atoms with Crippen LogP contribution in [0.15, 0.2) is 12.3 Å². The Morgan fingerprint density at radius 1 is 1.50 bits per heavy atom. The zero-order valence-corrected chi connectivity index (χ0v) is 7.72. The molecule has 66 valence electrons. The van der Waals surface area contributed by atoms with E-state index >= 15 is 0 Å². The summed E-state index contributed by atoms with van der Waals surface area (Å²) in [5, 5.41) is 2.72. The summed E-state index contributed by atoms with van der Waals surface area (Å²) in [6.07, 6.45) is 1.97. The lowest BCUT2D eigenvalue weighted by atomic mass is 10.3. The number of aromatic nitrogens is 1. The summed E-state index contributed by atoms with van der Waals surface area (Å²) >= 11 is 0. The van der Waals surface area contributed by atoms with Crippen LogP contribution in [0.3, 0.4) is 0 Å². The number of nitrogens with one attached hydrogen (secondary N) is 1. The van der Waals surface area contributed by atoms with Crippen LogP contribution in [0, 0.1) is 6.92 Å². The number of aryl methyl sites for hydroxylation is 1. The van der Waals surface area contributed by atoms with Crippen LogP contribution in [-0.4, -0.2) is 10.5 Å². The lowest BCUT2D eigenvalue weighted by Gasteiger charge is -1.89. The molecule has 2 rings (SSSR count). The summed E-state index contributed by atoms with van der Waals surface area (Å²) in [7, 11) is 0. The van der Waals surface area contributed by atoms with Crippen LogP contribution in [0.25, 0.3) is 0 Å². The molecule has 1 N–H and O–H groups in total. The number of carbonyl (C=O) groups is 1. The molecule has 0 spiro atoms. The van der Waals surface area contributed by atoms with Crippen molar-refractivity contribution in [3.8, 4) is 0 Å². The van der Waals surface area contributed by atoms with Crippen LogP contribution in [-0.2, 0) is 6.67 Å². The van der Waals surface area contributed by atoms with Gasteiger partial charge < -0.3 is 9.88 Å². The van der Waals surface area contributed by atoms with Crippen LogP contribution >= 0.6 is 0 Å². The van der Waals surface area contributed by atoms with Crippen molar-refractivity contribution < 1.29 is 4.79 Å². The minimum atomic E-state index is 0.0353. The van der Waals surface area contributed by atoms with Crippen molar-refractivity contribution in [3.05, 3.63) is 23.5 Å². The summed E-state index contributed by atoms with van der Waals surface area (Å²) in [5.41, 5.74) is 1.92. The molecule has 1 aliphatic rings. The average molecular weight is 166 g/mol. The van der Waals surface area contributed by atoms with E-state index in [1.165, 1.54) is 0 Å². The lowest BCUT2D eigenvalue weighted by molar-refractivity contribution is 0.0965. The molecule has 0 atom stereocenters. The third-order valence-corrected chi connectivity index (χ3v) is 1.68. The second kappa shape index (κ2) is 3.43. The lowest BCUT2D eigenvalue weighted by Crippen LogP contribution is -2.13. The molecule has 0 fully saturated rings. The van der Waals surface area contributed by atoms with Crippen molar-refractivity contribution in [1.29, 1.82) is 0 Å². The summed E-state index contributed by atoms with van der Waals surface area (Å²) < 4.78 is 1.91. The van der Waals surface area contributed by atoms with E-state index in [0.717, 1.165) is 11.3 Å². The van der Waals surface area contributed by atoms with Crippen molar-refractivity contribution in [3.63, 3.8) is 0 Å². The molecule has 1 aromatic rings. The van der Waals surface area contributed by atoms with Crippen LogP contribution in [0.1, 0.15) is 29.9 Å². The van der Waals surface area contributed by atoms with Gasteiger partial charge in [0.25, 0.3) is 5.91 Å². The Morgan fingerprint density at radius 3 is 2.75 bits per heavy atom. The number of amides is 1. The number of carbonyl (C=O) groups excluding carboxylic acids is 1. The number of nitrogens with zero attached hydrogens (tertiary/aromatic N) is 1. The van der Waals surface area contributed by atoms with Crippen LogP contribution < -0.4 is 5.32 Å². The number of fused-ring (bicyclic) bond motifs is 1. The highest BCUT2D eigenvalue weighted by Gasteiger charge is 2.17. The first-order valence-electron chi connectivity index (χ1n) is 4.22. The maximum Gasteiger partial charge on any atom is 0.269 e. The minimum absolute atomic E-state index is 0.0353. The third kappa shape index (κ3) is 1.35. The van der Waals surface area contributed by atoms with E-state index in [0.29, 0.717) is 6.67 Å². The van der Waals surface area contributed by atoms with Gasteiger partial charge in [-0.3, -0.25) is 4.79 Å². The molecule has 0 saturated heterocycles. The Morgan fingerprint density at radius 2 is 2.17 bits per heavy atom. The second-order valence-corrected chi connectivity index (χ2v) is 2.54. The number of rotatable bonds is 0. The molecule has 0 saturated carbocycles. The van der Waals surface area contributed by atoms with E-state index in [2.05, 4.69) is 5.32 Å². The van der Waals surface area contributed by atoms with E-state index in [9.17, 15) is 4.79 Å². The smallest absolute Gasteiger partial charge is 0.269 e. The summed E-state index contributed by atoms with van der Waals surface area (Å²) in [6.45, 7) is 6.61. The Labute approximate surface area is 72.4 Å². The summed E-state index contributed by atoms with van der Waals surface area (Å²) in [4.78, 5) is 10.9. The molecule has 0 bridgehead atoms. The molecule has 2 heterocycles. The van der Waals surface area contributed by atoms with Gasteiger partial charge in [-0.1, -0.05) is 13.8 Å². The van der Waals surface area contributed by atoms with Gasteiger partial charge in [-0.25, -0.2) is 0 Å². The van der Waals surface area contributed by atoms with Gasteiger partial charge in [-0.2, -0.15) is 0 Å². The van der Waals surface area contributed by atoms with E-state index in [1.54, 1.807) is 0 Å². The van der Waals surface area contributed by atoms with Gasteiger partial charge in [0.05, 0.1) is 6.67 Å². The van der Waals surface area contributed by atoms with Gasteiger partial charge in [0.2, 0.25) is 0 Å². The second-order valence-electron chi connectivity index (χ2n) is 2.54. The van der Waals surface area contributed by atoms with Crippen molar-refractivity contribution in [2.45, 2.75) is 27.4 Å². The Balaban J connectivity index is 0.000000336. The minimum Gasteiger partial charge on any atom is -0.333 e. The zero-order valence-electron chi connectivity index (χ0n) is 7.72. The van der Waals surface area contributed by atoms with Gasteiger partial charge in [-0.15, -0.1) is 0 Å². The molecule has 0 radical (unpaired) electrons. The molecule has 0 aliphatic carbocycles. The largest absolute Gasteiger partial charge is 0.333 e. The Hall–Kier alpha value is -1.25. The van der Waals surface area contributed by atoms with Crippen molar-refractivity contribution >= 4 is 5.91 Å². The number of hydrogen-bond donors (Lipinski definition) is 1. The predicted octanol–water partition coefficient (Wildman–Crippen LogP) is 1.52. The van der Waals surface area contributed by atoms with Gasteiger partial charge >= 0.3 is 0 Å².